The molecule has 1 fully saturated rings. The fraction of sp³-hybridized carbons (Fsp3) is 0.438. The lowest BCUT2D eigenvalue weighted by atomic mass is 10.1. The fourth-order valence-corrected chi connectivity index (χ4v) is 2.97. The van der Waals surface area contributed by atoms with Crippen LogP contribution in [0.15, 0.2) is 33.9 Å². The van der Waals surface area contributed by atoms with Crippen molar-refractivity contribution in [2.24, 2.45) is 14.1 Å². The summed E-state index contributed by atoms with van der Waals surface area (Å²) >= 11 is 6.12. The highest BCUT2D eigenvalue weighted by Crippen LogP contribution is 2.27. The van der Waals surface area contributed by atoms with Crippen molar-refractivity contribution in [1.29, 1.82) is 0 Å². The predicted molar refractivity (Wildman–Crippen MR) is 92.0 cm³/mol. The largest absolute Gasteiger partial charge is 0.489 e. The quantitative estimate of drug-likeness (QED) is 0.831. The van der Waals surface area contributed by atoms with Crippen LogP contribution in [0.1, 0.15) is 12.8 Å². The van der Waals surface area contributed by atoms with Crippen LogP contribution in [0.5, 0.6) is 5.75 Å². The molecule has 0 aliphatic carbocycles. The molecule has 2 aromatic rings. The molecular weight excluding hydrogens is 332 g/mol. The predicted octanol–water partition coefficient (Wildman–Crippen LogP) is 1.18. The maximum absolute atomic E-state index is 12.3. The summed E-state index contributed by atoms with van der Waals surface area (Å²) in [7, 11) is 3.00. The van der Waals surface area contributed by atoms with Gasteiger partial charge in [-0.25, -0.2) is 9.48 Å². The smallest absolute Gasteiger partial charge is 0.346 e. The first-order valence-corrected chi connectivity index (χ1v) is 8.15. The van der Waals surface area contributed by atoms with E-state index >= 15 is 0 Å². The zero-order valence-corrected chi connectivity index (χ0v) is 14.4. The molecule has 1 aromatic carbocycles. The summed E-state index contributed by atoms with van der Waals surface area (Å²) in [6, 6.07) is 7.39. The Morgan fingerprint density at radius 2 is 1.83 bits per heavy atom. The lowest BCUT2D eigenvalue weighted by Gasteiger charge is -2.32. The van der Waals surface area contributed by atoms with Gasteiger partial charge in [0.2, 0.25) is 5.82 Å². The minimum absolute atomic E-state index is 0.0394. The van der Waals surface area contributed by atoms with Gasteiger partial charge in [0.25, 0.3) is 5.56 Å². The van der Waals surface area contributed by atoms with Crippen LogP contribution < -0.4 is 20.9 Å². The molecule has 128 valence electrons. The summed E-state index contributed by atoms with van der Waals surface area (Å²) in [5.41, 5.74) is -0.802. The maximum Gasteiger partial charge on any atom is 0.346 e. The first-order valence-electron chi connectivity index (χ1n) is 7.78. The van der Waals surface area contributed by atoms with Crippen molar-refractivity contribution in [1.82, 2.24) is 14.3 Å². The fourth-order valence-electron chi connectivity index (χ4n) is 2.79. The van der Waals surface area contributed by atoms with E-state index in [0.717, 1.165) is 17.4 Å². The van der Waals surface area contributed by atoms with E-state index in [2.05, 4.69) is 5.10 Å². The van der Waals surface area contributed by atoms with Crippen LogP contribution in [0.25, 0.3) is 0 Å². The van der Waals surface area contributed by atoms with Gasteiger partial charge in [0, 0.05) is 40.0 Å². The highest BCUT2D eigenvalue weighted by atomic mass is 35.5. The molecule has 0 saturated carbocycles. The standard InChI is InChI=1S/C16H19ClN4O3/c1-19-15(22)14(18-20(2)16(19)23)21-9-7-11(8-10-21)24-13-6-4-3-5-12(13)17/h3-6,11H,7-10H2,1-2H3. The number of nitrogens with zero attached hydrogens (tertiary/aromatic N) is 4. The van der Waals surface area contributed by atoms with Crippen LogP contribution in [0.2, 0.25) is 5.02 Å². The minimum atomic E-state index is -0.430. The minimum Gasteiger partial charge on any atom is -0.489 e. The van der Waals surface area contributed by atoms with E-state index < -0.39 is 5.69 Å². The first-order chi connectivity index (χ1) is 11.5. The number of halogens is 1. The summed E-state index contributed by atoms with van der Waals surface area (Å²) in [5, 5.41) is 4.71. The lowest BCUT2D eigenvalue weighted by Crippen LogP contribution is -2.46. The summed E-state index contributed by atoms with van der Waals surface area (Å²) in [5.74, 6) is 0.976. The number of para-hydroxylation sites is 1. The molecule has 8 heteroatoms. The number of rotatable bonds is 3. The summed E-state index contributed by atoms with van der Waals surface area (Å²) in [4.78, 5) is 25.9. The van der Waals surface area contributed by atoms with Crippen molar-refractivity contribution in [2.45, 2.75) is 18.9 Å². The van der Waals surface area contributed by atoms with E-state index in [4.69, 9.17) is 16.3 Å². The first kappa shape index (κ1) is 16.6. The normalized spacial score (nSPS) is 15.5. The van der Waals surface area contributed by atoms with Crippen molar-refractivity contribution >= 4 is 17.4 Å². The van der Waals surface area contributed by atoms with Gasteiger partial charge >= 0.3 is 5.69 Å². The van der Waals surface area contributed by atoms with Gasteiger partial charge in [0.15, 0.2) is 0 Å². The Balaban J connectivity index is 1.71. The molecule has 0 atom stereocenters. The molecule has 1 aliphatic heterocycles. The van der Waals surface area contributed by atoms with Crippen LogP contribution >= 0.6 is 11.6 Å². The number of hydrogen-bond donors (Lipinski definition) is 0. The molecule has 0 spiro atoms. The lowest BCUT2D eigenvalue weighted by molar-refractivity contribution is 0.170. The highest BCUT2D eigenvalue weighted by Gasteiger charge is 2.25. The Morgan fingerprint density at radius 1 is 1.17 bits per heavy atom. The second-order valence-corrected chi connectivity index (χ2v) is 6.24. The molecule has 0 N–H and O–H groups in total. The monoisotopic (exact) mass is 350 g/mol. The number of aromatic nitrogens is 3. The molecule has 24 heavy (non-hydrogen) atoms. The molecule has 0 bridgehead atoms. The Hall–Kier alpha value is -2.28. The number of hydrogen-bond acceptors (Lipinski definition) is 5. The molecule has 1 saturated heterocycles. The van der Waals surface area contributed by atoms with Crippen LogP contribution in [0, 0.1) is 0 Å². The van der Waals surface area contributed by atoms with E-state index in [0.29, 0.717) is 29.7 Å². The van der Waals surface area contributed by atoms with E-state index in [-0.39, 0.29) is 11.7 Å². The van der Waals surface area contributed by atoms with Crippen molar-refractivity contribution in [3.05, 3.63) is 50.1 Å². The van der Waals surface area contributed by atoms with Crippen molar-refractivity contribution in [2.75, 3.05) is 18.0 Å². The summed E-state index contributed by atoms with van der Waals surface area (Å²) < 4.78 is 8.21. The highest BCUT2D eigenvalue weighted by molar-refractivity contribution is 6.32. The zero-order valence-electron chi connectivity index (χ0n) is 13.6. The van der Waals surface area contributed by atoms with E-state index in [1.807, 2.05) is 23.1 Å². The van der Waals surface area contributed by atoms with Gasteiger partial charge in [-0.05, 0) is 12.1 Å². The molecular formula is C16H19ClN4O3. The Labute approximate surface area is 144 Å². The third-order valence-corrected chi connectivity index (χ3v) is 4.49. The molecule has 1 aromatic heterocycles. The van der Waals surface area contributed by atoms with Crippen molar-refractivity contribution in [3.63, 3.8) is 0 Å². The topological polar surface area (TPSA) is 69.4 Å². The maximum atomic E-state index is 12.3. The molecule has 1 aliphatic rings. The van der Waals surface area contributed by atoms with Crippen LogP contribution in [-0.4, -0.2) is 33.5 Å². The summed E-state index contributed by atoms with van der Waals surface area (Å²) in [6.07, 6.45) is 1.54. The van der Waals surface area contributed by atoms with E-state index in [9.17, 15) is 9.59 Å². The zero-order chi connectivity index (χ0) is 17.3. The number of anilines is 1. The molecule has 7 nitrogen and oxygen atoms in total. The molecule has 3 rings (SSSR count). The average Bonchev–Trinajstić information content (AvgIpc) is 2.59. The number of ether oxygens (including phenoxy) is 1. The van der Waals surface area contributed by atoms with E-state index in [1.165, 1.54) is 11.7 Å². The molecule has 0 radical (unpaired) electrons. The SMILES string of the molecule is Cn1nc(N2CCC(Oc3ccccc3Cl)CC2)c(=O)n(C)c1=O. The van der Waals surface area contributed by atoms with Gasteiger partial charge in [-0.1, -0.05) is 23.7 Å². The van der Waals surface area contributed by atoms with Gasteiger partial charge in [-0.3, -0.25) is 9.36 Å². The number of aryl methyl sites for hydroxylation is 1. The molecule has 2 heterocycles. The van der Waals surface area contributed by atoms with Crippen molar-refractivity contribution < 1.29 is 4.74 Å². The molecule has 0 unspecified atom stereocenters. The van der Waals surface area contributed by atoms with Crippen LogP contribution in [-0.2, 0) is 14.1 Å². The van der Waals surface area contributed by atoms with Crippen LogP contribution in [0.3, 0.4) is 0 Å². The van der Waals surface area contributed by atoms with Crippen molar-refractivity contribution in [3.8, 4) is 5.75 Å². The third kappa shape index (κ3) is 3.17. The van der Waals surface area contributed by atoms with Gasteiger partial charge in [0.05, 0.1) is 5.02 Å². The van der Waals surface area contributed by atoms with Crippen LogP contribution in [0.4, 0.5) is 5.82 Å². The Kier molecular flexibility index (Phi) is 4.62. The third-order valence-electron chi connectivity index (χ3n) is 4.18. The van der Waals surface area contributed by atoms with Gasteiger partial charge in [-0.15, -0.1) is 5.10 Å². The van der Waals surface area contributed by atoms with Gasteiger partial charge in [0.1, 0.15) is 11.9 Å². The second-order valence-electron chi connectivity index (χ2n) is 5.83. The number of piperidine rings is 1. The van der Waals surface area contributed by atoms with Gasteiger partial charge < -0.3 is 9.64 Å². The Bertz CT molecular complexity index is 853. The number of benzene rings is 1. The average molecular weight is 351 g/mol. The van der Waals surface area contributed by atoms with Gasteiger partial charge in [-0.2, -0.15) is 0 Å². The Morgan fingerprint density at radius 3 is 2.50 bits per heavy atom. The second kappa shape index (κ2) is 6.68. The molecule has 0 amide bonds. The van der Waals surface area contributed by atoms with E-state index in [1.54, 1.807) is 13.1 Å². The summed E-state index contributed by atoms with van der Waals surface area (Å²) in [6.45, 7) is 1.27.